The molecule has 0 saturated heterocycles. The molecule has 118 valence electrons. The van der Waals surface area contributed by atoms with Crippen molar-refractivity contribution in [3.05, 3.63) is 52.7 Å². The number of fused-ring (bicyclic) bond motifs is 1. The Hall–Kier alpha value is -2.05. The molecule has 23 heavy (non-hydrogen) atoms. The molecule has 1 aliphatic rings. The molecule has 1 aliphatic heterocycles. The third kappa shape index (κ3) is 2.80. The van der Waals surface area contributed by atoms with Gasteiger partial charge in [0.2, 0.25) is 0 Å². The zero-order valence-electron chi connectivity index (χ0n) is 13.4. The first-order chi connectivity index (χ1) is 11.2. The molecule has 3 aromatic rings. The Morgan fingerprint density at radius 1 is 1.26 bits per heavy atom. The van der Waals surface area contributed by atoms with Crippen molar-refractivity contribution < 1.29 is 0 Å². The molecule has 6 heteroatoms. The highest BCUT2D eigenvalue weighted by molar-refractivity contribution is 7.13. The van der Waals surface area contributed by atoms with Crippen molar-refractivity contribution in [2.75, 3.05) is 6.54 Å². The number of aromatic nitrogens is 4. The van der Waals surface area contributed by atoms with Crippen molar-refractivity contribution in [1.82, 2.24) is 24.4 Å². The SMILES string of the molecule is Cc1ncc(CN2CCc3nc(-c4cccs4)ncc3C2)n1C. The number of imidazole rings is 1. The molecule has 0 saturated carbocycles. The molecule has 4 rings (SSSR count). The Kier molecular flexibility index (Phi) is 3.71. The molecule has 3 aromatic heterocycles. The average molecular weight is 325 g/mol. The summed E-state index contributed by atoms with van der Waals surface area (Å²) in [6.45, 7) is 4.89. The van der Waals surface area contributed by atoms with Crippen molar-refractivity contribution in [2.45, 2.75) is 26.4 Å². The first-order valence-electron chi connectivity index (χ1n) is 7.79. The van der Waals surface area contributed by atoms with Crippen LogP contribution in [0, 0.1) is 6.92 Å². The zero-order chi connectivity index (χ0) is 15.8. The minimum Gasteiger partial charge on any atom is -0.334 e. The Bertz CT molecular complexity index is 822. The van der Waals surface area contributed by atoms with Crippen LogP contribution in [0.15, 0.2) is 29.9 Å². The predicted molar refractivity (Wildman–Crippen MR) is 91.1 cm³/mol. The molecule has 0 amide bonds. The van der Waals surface area contributed by atoms with E-state index in [1.54, 1.807) is 11.3 Å². The van der Waals surface area contributed by atoms with Gasteiger partial charge < -0.3 is 4.57 Å². The normalized spacial score (nSPS) is 14.9. The van der Waals surface area contributed by atoms with Gasteiger partial charge in [-0.2, -0.15) is 0 Å². The summed E-state index contributed by atoms with van der Waals surface area (Å²) in [5.41, 5.74) is 3.69. The fourth-order valence-electron chi connectivity index (χ4n) is 2.96. The molecule has 0 N–H and O–H groups in total. The molecule has 0 radical (unpaired) electrons. The first kappa shape index (κ1) is 14.5. The maximum Gasteiger partial charge on any atom is 0.169 e. The third-order valence-corrected chi connectivity index (χ3v) is 5.32. The summed E-state index contributed by atoms with van der Waals surface area (Å²) in [7, 11) is 2.08. The fraction of sp³-hybridized carbons (Fsp3) is 0.353. The predicted octanol–water partition coefficient (Wildman–Crippen LogP) is 2.81. The van der Waals surface area contributed by atoms with Crippen molar-refractivity contribution >= 4 is 11.3 Å². The van der Waals surface area contributed by atoms with E-state index in [-0.39, 0.29) is 0 Å². The number of rotatable bonds is 3. The summed E-state index contributed by atoms with van der Waals surface area (Å²) in [5.74, 6) is 1.91. The molecule has 0 aliphatic carbocycles. The van der Waals surface area contributed by atoms with Crippen molar-refractivity contribution in [1.29, 1.82) is 0 Å². The first-order valence-corrected chi connectivity index (χ1v) is 8.67. The highest BCUT2D eigenvalue weighted by Gasteiger charge is 2.20. The van der Waals surface area contributed by atoms with Crippen LogP contribution < -0.4 is 0 Å². The molecule has 5 nitrogen and oxygen atoms in total. The second-order valence-corrected chi connectivity index (χ2v) is 6.91. The summed E-state index contributed by atoms with van der Waals surface area (Å²) >= 11 is 1.69. The molecular weight excluding hydrogens is 306 g/mol. The fourth-order valence-corrected chi connectivity index (χ4v) is 3.62. The van der Waals surface area contributed by atoms with Crippen LogP contribution in [0.1, 0.15) is 22.8 Å². The second-order valence-electron chi connectivity index (χ2n) is 5.96. The lowest BCUT2D eigenvalue weighted by molar-refractivity contribution is 0.237. The largest absolute Gasteiger partial charge is 0.334 e. The minimum atomic E-state index is 0.856. The number of hydrogen-bond donors (Lipinski definition) is 0. The van der Waals surface area contributed by atoms with E-state index in [4.69, 9.17) is 4.98 Å². The van der Waals surface area contributed by atoms with Crippen LogP contribution in [0.3, 0.4) is 0 Å². The van der Waals surface area contributed by atoms with E-state index in [2.05, 4.69) is 37.9 Å². The highest BCUT2D eigenvalue weighted by Crippen LogP contribution is 2.24. The van der Waals surface area contributed by atoms with Gasteiger partial charge in [-0.15, -0.1) is 11.3 Å². The summed E-state index contributed by atoms with van der Waals surface area (Å²) in [4.78, 5) is 17.3. The van der Waals surface area contributed by atoms with E-state index >= 15 is 0 Å². The molecule has 0 bridgehead atoms. The van der Waals surface area contributed by atoms with Gasteiger partial charge in [0.05, 0.1) is 16.3 Å². The quantitative estimate of drug-likeness (QED) is 0.743. The maximum absolute atomic E-state index is 4.77. The van der Waals surface area contributed by atoms with Crippen LogP contribution in [0.4, 0.5) is 0 Å². The number of hydrogen-bond acceptors (Lipinski definition) is 5. The second kappa shape index (κ2) is 5.86. The standard InChI is InChI=1S/C17H19N5S/c1-12-18-9-14(21(12)2)11-22-6-5-15-13(10-22)8-19-17(20-15)16-4-3-7-23-16/h3-4,7-9H,5-6,10-11H2,1-2H3. The summed E-state index contributed by atoms with van der Waals surface area (Å²) < 4.78 is 2.16. The molecular formula is C17H19N5S. The van der Waals surface area contributed by atoms with E-state index in [0.29, 0.717) is 0 Å². The number of thiophene rings is 1. The van der Waals surface area contributed by atoms with Gasteiger partial charge in [-0.05, 0) is 18.4 Å². The van der Waals surface area contributed by atoms with Crippen LogP contribution in [-0.2, 0) is 26.6 Å². The zero-order valence-corrected chi connectivity index (χ0v) is 14.2. The minimum absolute atomic E-state index is 0.856. The monoisotopic (exact) mass is 325 g/mol. The van der Waals surface area contributed by atoms with Crippen molar-refractivity contribution in [3.63, 3.8) is 0 Å². The van der Waals surface area contributed by atoms with Gasteiger partial charge in [-0.1, -0.05) is 6.07 Å². The molecule has 0 aromatic carbocycles. The van der Waals surface area contributed by atoms with E-state index < -0.39 is 0 Å². The van der Waals surface area contributed by atoms with Crippen LogP contribution in [-0.4, -0.2) is 31.0 Å². The van der Waals surface area contributed by atoms with Gasteiger partial charge in [0.15, 0.2) is 5.82 Å². The molecule has 0 atom stereocenters. The van der Waals surface area contributed by atoms with Crippen LogP contribution in [0.25, 0.3) is 10.7 Å². The molecule has 4 heterocycles. The topological polar surface area (TPSA) is 46.8 Å². The Labute approximate surface area is 139 Å². The van der Waals surface area contributed by atoms with Crippen molar-refractivity contribution in [3.8, 4) is 10.7 Å². The summed E-state index contributed by atoms with van der Waals surface area (Å²) in [6.07, 6.45) is 4.95. The van der Waals surface area contributed by atoms with E-state index in [1.807, 2.05) is 25.4 Å². The summed E-state index contributed by atoms with van der Waals surface area (Å²) in [5, 5.41) is 2.07. The number of aryl methyl sites for hydroxylation is 1. The van der Waals surface area contributed by atoms with Gasteiger partial charge in [0.25, 0.3) is 0 Å². The maximum atomic E-state index is 4.77. The Morgan fingerprint density at radius 3 is 2.91 bits per heavy atom. The number of nitrogens with zero attached hydrogens (tertiary/aromatic N) is 5. The van der Waals surface area contributed by atoms with Gasteiger partial charge in [0, 0.05) is 51.1 Å². The molecule has 0 unspecified atom stereocenters. The highest BCUT2D eigenvalue weighted by atomic mass is 32.1. The summed E-state index contributed by atoms with van der Waals surface area (Å²) in [6, 6.07) is 4.12. The van der Waals surface area contributed by atoms with Crippen LogP contribution in [0.2, 0.25) is 0 Å². The van der Waals surface area contributed by atoms with Crippen LogP contribution >= 0.6 is 11.3 Å². The van der Waals surface area contributed by atoms with Gasteiger partial charge in [0.1, 0.15) is 5.82 Å². The molecule has 0 spiro atoms. The average Bonchev–Trinajstić information content (AvgIpc) is 3.20. The van der Waals surface area contributed by atoms with Crippen LogP contribution in [0.5, 0.6) is 0 Å². The molecule has 0 fully saturated rings. The lowest BCUT2D eigenvalue weighted by atomic mass is 10.1. The van der Waals surface area contributed by atoms with E-state index in [0.717, 1.165) is 42.6 Å². The van der Waals surface area contributed by atoms with Crippen molar-refractivity contribution in [2.24, 2.45) is 7.05 Å². The van der Waals surface area contributed by atoms with E-state index in [1.165, 1.54) is 17.0 Å². The third-order valence-electron chi connectivity index (χ3n) is 4.46. The smallest absolute Gasteiger partial charge is 0.169 e. The Morgan fingerprint density at radius 2 is 2.17 bits per heavy atom. The van der Waals surface area contributed by atoms with Gasteiger partial charge >= 0.3 is 0 Å². The lowest BCUT2D eigenvalue weighted by Crippen LogP contribution is -2.31. The Balaban J connectivity index is 1.52. The van der Waals surface area contributed by atoms with Gasteiger partial charge in [-0.25, -0.2) is 15.0 Å². The van der Waals surface area contributed by atoms with E-state index in [9.17, 15) is 0 Å². The lowest BCUT2D eigenvalue weighted by Gasteiger charge is -2.28. The van der Waals surface area contributed by atoms with Gasteiger partial charge in [-0.3, -0.25) is 4.90 Å².